The quantitative estimate of drug-likeness (QED) is 0.407. The van der Waals surface area contributed by atoms with E-state index in [1.807, 2.05) is 6.26 Å². The lowest BCUT2D eigenvalue weighted by Gasteiger charge is -2.25. The van der Waals surface area contributed by atoms with Crippen LogP contribution >= 0.6 is 0 Å². The topological polar surface area (TPSA) is 9.23 Å². The lowest BCUT2D eigenvalue weighted by Crippen LogP contribution is -2.13. The molecule has 0 fully saturated rings. The van der Waals surface area contributed by atoms with Crippen molar-refractivity contribution >= 4 is 8.05 Å². The lowest BCUT2D eigenvalue weighted by atomic mass is 9.80. The molecule has 0 saturated heterocycles. The Morgan fingerprint density at radius 1 is 0.941 bits per heavy atom. The zero-order chi connectivity index (χ0) is 13.7. The summed E-state index contributed by atoms with van der Waals surface area (Å²) in [6.07, 6.45) is 8.35. The average molecular weight is 234 g/mol. The minimum Gasteiger partial charge on any atom is -0.573 e. The first-order valence-electron chi connectivity index (χ1n) is 6.21. The second-order valence-corrected chi connectivity index (χ2v) is 6.41. The maximum Gasteiger partial charge on any atom is 0.321 e. The van der Waals surface area contributed by atoms with Gasteiger partial charge in [0.15, 0.2) is 0 Å². The molecule has 0 atom stereocenters. The maximum atomic E-state index is 5.19. The number of allylic oxidation sites excluding steroid dienone is 5. The number of hydrogen-bond donors (Lipinski definition) is 0. The van der Waals surface area contributed by atoms with Gasteiger partial charge in [-0.05, 0) is 28.9 Å². The molecule has 0 amide bonds. The van der Waals surface area contributed by atoms with E-state index < -0.39 is 0 Å². The van der Waals surface area contributed by atoms with Gasteiger partial charge in [-0.2, -0.15) is 0 Å². The minimum atomic E-state index is 0.0914. The van der Waals surface area contributed by atoms with Crippen molar-refractivity contribution in [3.05, 3.63) is 35.6 Å². The van der Waals surface area contributed by atoms with Crippen LogP contribution in [0, 0.1) is 10.8 Å². The molecule has 0 unspecified atom stereocenters. The molecule has 0 radical (unpaired) electrons. The fourth-order valence-corrected chi connectivity index (χ4v) is 1.42. The Hall–Kier alpha value is -0.915. The summed E-state index contributed by atoms with van der Waals surface area (Å²) in [6, 6.07) is 0. The van der Waals surface area contributed by atoms with Crippen LogP contribution in [-0.2, 0) is 4.65 Å². The van der Waals surface area contributed by atoms with Gasteiger partial charge in [0.05, 0.1) is 6.26 Å². The Morgan fingerprint density at radius 2 is 1.41 bits per heavy atom. The first-order chi connectivity index (χ1) is 7.62. The molecule has 1 nitrogen and oxygen atoms in total. The van der Waals surface area contributed by atoms with Gasteiger partial charge < -0.3 is 4.65 Å². The van der Waals surface area contributed by atoms with Crippen molar-refractivity contribution in [1.29, 1.82) is 0 Å². The average Bonchev–Trinajstić information content (AvgIpc) is 2.12. The molecule has 0 aliphatic heterocycles. The van der Waals surface area contributed by atoms with Crippen LogP contribution in [0.15, 0.2) is 35.6 Å². The van der Waals surface area contributed by atoms with Gasteiger partial charge in [-0.3, -0.25) is 0 Å². The van der Waals surface area contributed by atoms with Gasteiger partial charge in [-0.15, -0.1) is 0 Å². The molecule has 0 heterocycles. The molecule has 0 rings (SSSR count). The summed E-state index contributed by atoms with van der Waals surface area (Å²) in [7, 11) is 1.70. The summed E-state index contributed by atoms with van der Waals surface area (Å²) in [4.78, 5) is 0. The van der Waals surface area contributed by atoms with E-state index in [-0.39, 0.29) is 10.8 Å². The van der Waals surface area contributed by atoms with Crippen molar-refractivity contribution < 1.29 is 4.65 Å². The van der Waals surface area contributed by atoms with E-state index in [0.717, 1.165) is 0 Å². The van der Waals surface area contributed by atoms with Crippen LogP contribution in [0.25, 0.3) is 0 Å². The summed E-state index contributed by atoms with van der Waals surface area (Å²) in [6.45, 7) is 15.3. The SMILES string of the molecule is BO/C=C(/C=C(\C=C\C)C(C)(C)C)C(C)(C)C. The molecule has 0 N–H and O–H groups in total. The Balaban J connectivity index is 5.49. The Labute approximate surface area is 108 Å². The van der Waals surface area contributed by atoms with Crippen molar-refractivity contribution in [2.45, 2.75) is 48.5 Å². The molecular formula is C15H27BO. The summed E-state index contributed by atoms with van der Waals surface area (Å²) >= 11 is 0. The zero-order valence-electron chi connectivity index (χ0n) is 12.7. The van der Waals surface area contributed by atoms with Gasteiger partial charge in [-0.25, -0.2) is 0 Å². The van der Waals surface area contributed by atoms with E-state index in [4.69, 9.17) is 4.65 Å². The molecule has 0 aliphatic rings. The molecule has 96 valence electrons. The third kappa shape index (κ3) is 5.81. The first-order valence-corrected chi connectivity index (χ1v) is 6.21. The highest BCUT2D eigenvalue weighted by Gasteiger charge is 2.20. The van der Waals surface area contributed by atoms with E-state index in [9.17, 15) is 0 Å². The highest BCUT2D eigenvalue weighted by Crippen LogP contribution is 2.33. The second kappa shape index (κ2) is 6.14. The highest BCUT2D eigenvalue weighted by atomic mass is 16.4. The van der Waals surface area contributed by atoms with Crippen molar-refractivity contribution in [1.82, 2.24) is 0 Å². The fourth-order valence-electron chi connectivity index (χ4n) is 1.42. The predicted molar refractivity (Wildman–Crippen MR) is 79.5 cm³/mol. The van der Waals surface area contributed by atoms with E-state index >= 15 is 0 Å². The lowest BCUT2D eigenvalue weighted by molar-refractivity contribution is 0.461. The predicted octanol–water partition coefficient (Wildman–Crippen LogP) is 4.03. The molecule has 0 aromatic rings. The molecule has 0 saturated carbocycles. The van der Waals surface area contributed by atoms with Crippen LogP contribution in [-0.4, -0.2) is 8.05 Å². The smallest absolute Gasteiger partial charge is 0.321 e. The number of rotatable bonds is 3. The summed E-state index contributed by atoms with van der Waals surface area (Å²) < 4.78 is 5.19. The van der Waals surface area contributed by atoms with Crippen LogP contribution in [0.1, 0.15) is 48.5 Å². The molecule has 0 spiro atoms. The Bertz CT molecular complexity index is 322. The summed E-state index contributed by atoms with van der Waals surface area (Å²) in [5.41, 5.74) is 2.76. The van der Waals surface area contributed by atoms with Crippen LogP contribution in [0.3, 0.4) is 0 Å². The second-order valence-electron chi connectivity index (χ2n) is 6.41. The molecule has 17 heavy (non-hydrogen) atoms. The van der Waals surface area contributed by atoms with Crippen LogP contribution in [0.2, 0.25) is 0 Å². The van der Waals surface area contributed by atoms with E-state index in [2.05, 4.69) is 66.7 Å². The minimum absolute atomic E-state index is 0.0914. The highest BCUT2D eigenvalue weighted by molar-refractivity contribution is 5.98. The van der Waals surface area contributed by atoms with Crippen molar-refractivity contribution in [2.75, 3.05) is 0 Å². The molecule has 0 aromatic heterocycles. The standard InChI is InChI=1S/C15H27BO/c1-8-9-12(14(2,3)4)10-13(11-17-16)15(5,6)7/h8-11H,16H2,1-7H3/b9-8+,12-10+,13-11-. The monoisotopic (exact) mass is 234 g/mol. The molecule has 2 heteroatoms. The Kier molecular flexibility index (Phi) is 5.81. The van der Waals surface area contributed by atoms with Gasteiger partial charge >= 0.3 is 8.05 Å². The normalized spacial score (nSPS) is 15.5. The van der Waals surface area contributed by atoms with E-state index in [0.29, 0.717) is 0 Å². The van der Waals surface area contributed by atoms with Crippen molar-refractivity contribution in [3.63, 3.8) is 0 Å². The van der Waals surface area contributed by atoms with E-state index in [1.165, 1.54) is 11.1 Å². The summed E-state index contributed by atoms with van der Waals surface area (Å²) in [5.74, 6) is 0. The van der Waals surface area contributed by atoms with Crippen LogP contribution in [0.5, 0.6) is 0 Å². The molecule has 0 aliphatic carbocycles. The largest absolute Gasteiger partial charge is 0.573 e. The van der Waals surface area contributed by atoms with Crippen LogP contribution < -0.4 is 0 Å². The van der Waals surface area contributed by atoms with Gasteiger partial charge in [0.1, 0.15) is 0 Å². The molecular weight excluding hydrogens is 207 g/mol. The maximum absolute atomic E-state index is 5.19. The molecule has 0 bridgehead atoms. The van der Waals surface area contributed by atoms with Gasteiger partial charge in [0.2, 0.25) is 0 Å². The van der Waals surface area contributed by atoms with Gasteiger partial charge in [0.25, 0.3) is 0 Å². The number of hydrogen-bond acceptors (Lipinski definition) is 1. The van der Waals surface area contributed by atoms with Crippen molar-refractivity contribution in [3.8, 4) is 0 Å². The Morgan fingerprint density at radius 3 is 1.71 bits per heavy atom. The molecule has 0 aromatic carbocycles. The first kappa shape index (κ1) is 16.1. The van der Waals surface area contributed by atoms with E-state index in [1.54, 1.807) is 8.05 Å². The third-order valence-corrected chi connectivity index (χ3v) is 2.63. The zero-order valence-corrected chi connectivity index (χ0v) is 12.7. The fraction of sp³-hybridized carbons (Fsp3) is 0.600. The van der Waals surface area contributed by atoms with Crippen molar-refractivity contribution in [2.24, 2.45) is 10.8 Å². The van der Waals surface area contributed by atoms with Gasteiger partial charge in [-0.1, -0.05) is 59.8 Å². The van der Waals surface area contributed by atoms with Gasteiger partial charge in [0, 0.05) is 0 Å². The van der Waals surface area contributed by atoms with Crippen LogP contribution in [0.4, 0.5) is 0 Å². The summed E-state index contributed by atoms with van der Waals surface area (Å²) in [5, 5.41) is 0. The third-order valence-electron chi connectivity index (χ3n) is 2.63.